The van der Waals surface area contributed by atoms with Crippen molar-refractivity contribution in [3.05, 3.63) is 48.8 Å². The van der Waals surface area contributed by atoms with Crippen LogP contribution in [0.2, 0.25) is 0 Å². The fourth-order valence-electron chi connectivity index (χ4n) is 1.68. The topological polar surface area (TPSA) is 104 Å². The van der Waals surface area contributed by atoms with Crippen LogP contribution in [-0.2, 0) is 4.57 Å². The summed E-state index contributed by atoms with van der Waals surface area (Å²) in [6, 6.07) is 12.1. The summed E-state index contributed by atoms with van der Waals surface area (Å²) in [6.07, 6.45) is 3.60. The van der Waals surface area contributed by atoms with E-state index in [0.717, 1.165) is 21.8 Å². The minimum Gasteiger partial charge on any atom is -0.303 e. The van der Waals surface area contributed by atoms with Gasteiger partial charge < -0.3 is 14.7 Å². The molecule has 0 amide bonds. The van der Waals surface area contributed by atoms with E-state index in [0.29, 0.717) is 0 Å². The van der Waals surface area contributed by atoms with Gasteiger partial charge in [-0.3, -0.25) is 9.97 Å². The molecule has 0 bridgehead atoms. The first kappa shape index (κ1) is 13.6. The van der Waals surface area contributed by atoms with Crippen molar-refractivity contribution in [2.24, 2.45) is 0 Å². The summed E-state index contributed by atoms with van der Waals surface area (Å²) < 4.78 is 8.88. The lowest BCUT2D eigenvalue weighted by atomic mass is 10.1. The van der Waals surface area contributed by atoms with Gasteiger partial charge in [0, 0.05) is 23.2 Å². The van der Waals surface area contributed by atoms with Crippen molar-refractivity contribution in [2.75, 3.05) is 0 Å². The van der Waals surface area contributed by atoms with Crippen LogP contribution in [0.15, 0.2) is 48.8 Å². The van der Waals surface area contributed by atoms with Crippen molar-refractivity contribution in [3.63, 3.8) is 0 Å². The molecular weight excluding hydrogens is 267 g/mol. The third kappa shape index (κ3) is 3.81. The molecule has 3 rings (SSSR count). The van der Waals surface area contributed by atoms with Crippen LogP contribution >= 0.6 is 7.82 Å². The van der Waals surface area contributed by atoms with Gasteiger partial charge in [-0.1, -0.05) is 24.3 Å². The van der Waals surface area contributed by atoms with Gasteiger partial charge in [0.1, 0.15) is 0 Å². The zero-order chi connectivity index (χ0) is 13.9. The Kier molecular flexibility index (Phi) is 3.87. The molecule has 0 saturated heterocycles. The van der Waals surface area contributed by atoms with Gasteiger partial charge in [0.2, 0.25) is 0 Å². The standard InChI is InChI=1S/C12H8N2.H3O4P/c1-3-9-5-6-10-4-2-8-14-12(10)11(9)13-7-1;1-5(2,3)4/h1-8H;(H3,1,2,3,4). The molecule has 2 heterocycles. The van der Waals surface area contributed by atoms with E-state index < -0.39 is 7.82 Å². The zero-order valence-electron chi connectivity index (χ0n) is 9.71. The summed E-state index contributed by atoms with van der Waals surface area (Å²) in [5.74, 6) is 0. The van der Waals surface area contributed by atoms with Crippen molar-refractivity contribution in [1.82, 2.24) is 9.97 Å². The number of benzene rings is 1. The number of aromatic nitrogens is 2. The van der Waals surface area contributed by atoms with Gasteiger partial charge in [-0.2, -0.15) is 0 Å². The summed E-state index contributed by atoms with van der Waals surface area (Å²) in [4.78, 5) is 30.3. The van der Waals surface area contributed by atoms with Gasteiger partial charge in [0.05, 0.1) is 11.0 Å². The average molecular weight is 278 g/mol. The molecular formula is C12H11N2O4P. The summed E-state index contributed by atoms with van der Waals surface area (Å²) in [5, 5.41) is 2.28. The third-order valence-corrected chi connectivity index (χ3v) is 2.34. The highest BCUT2D eigenvalue weighted by Crippen LogP contribution is 2.25. The quantitative estimate of drug-likeness (QED) is 0.428. The van der Waals surface area contributed by atoms with E-state index in [1.807, 2.05) is 12.1 Å². The molecule has 0 radical (unpaired) electrons. The lowest BCUT2D eigenvalue weighted by molar-refractivity contribution is 0.275. The van der Waals surface area contributed by atoms with Crippen molar-refractivity contribution in [3.8, 4) is 0 Å². The predicted molar refractivity (Wildman–Crippen MR) is 71.3 cm³/mol. The summed E-state index contributed by atoms with van der Waals surface area (Å²) >= 11 is 0. The molecule has 0 aliphatic rings. The third-order valence-electron chi connectivity index (χ3n) is 2.34. The van der Waals surface area contributed by atoms with E-state index in [-0.39, 0.29) is 0 Å². The minimum atomic E-state index is -4.64. The van der Waals surface area contributed by atoms with E-state index in [2.05, 4.69) is 34.2 Å². The molecule has 0 saturated carbocycles. The molecule has 6 nitrogen and oxygen atoms in total. The van der Waals surface area contributed by atoms with E-state index in [9.17, 15) is 0 Å². The van der Waals surface area contributed by atoms with Crippen LogP contribution in [0.5, 0.6) is 0 Å². The van der Waals surface area contributed by atoms with Crippen LogP contribution in [-0.4, -0.2) is 24.6 Å². The SMILES string of the molecule is O=P(O)(O)O.c1cnc2c(c1)ccc1cccnc12. The van der Waals surface area contributed by atoms with Crippen LogP contribution in [0.25, 0.3) is 21.8 Å². The van der Waals surface area contributed by atoms with Gasteiger partial charge in [-0.25, -0.2) is 4.57 Å². The second kappa shape index (κ2) is 5.42. The van der Waals surface area contributed by atoms with Gasteiger partial charge in [0.25, 0.3) is 0 Å². The Labute approximate surface area is 108 Å². The highest BCUT2D eigenvalue weighted by atomic mass is 31.2. The maximum absolute atomic E-state index is 8.88. The second-order valence-electron chi connectivity index (χ2n) is 3.73. The lowest BCUT2D eigenvalue weighted by Crippen LogP contribution is -1.83. The number of nitrogens with zero attached hydrogens (tertiary/aromatic N) is 2. The monoisotopic (exact) mass is 278 g/mol. The first-order chi connectivity index (χ1) is 8.95. The van der Waals surface area contributed by atoms with Crippen LogP contribution in [0.4, 0.5) is 0 Å². The Bertz CT molecular complexity index is 694. The zero-order valence-corrected chi connectivity index (χ0v) is 10.6. The van der Waals surface area contributed by atoms with Gasteiger partial charge in [-0.05, 0) is 12.1 Å². The van der Waals surface area contributed by atoms with Crippen LogP contribution < -0.4 is 0 Å². The number of pyridine rings is 2. The van der Waals surface area contributed by atoms with E-state index >= 15 is 0 Å². The second-order valence-corrected chi connectivity index (χ2v) is 4.76. The molecule has 3 N–H and O–H groups in total. The number of phosphoric acid groups is 1. The Hall–Kier alpha value is -1.85. The Morgan fingerprint density at radius 2 is 1.16 bits per heavy atom. The molecule has 0 fully saturated rings. The molecule has 3 aromatic rings. The molecule has 7 heteroatoms. The number of fused-ring (bicyclic) bond motifs is 3. The van der Waals surface area contributed by atoms with E-state index in [1.54, 1.807) is 12.4 Å². The lowest BCUT2D eigenvalue weighted by Gasteiger charge is -2.00. The first-order valence-corrected chi connectivity index (χ1v) is 6.88. The predicted octanol–water partition coefficient (Wildman–Crippen LogP) is 1.85. The fraction of sp³-hybridized carbons (Fsp3) is 0. The average Bonchev–Trinajstić information content (AvgIpc) is 2.37. The Balaban J connectivity index is 0.000000232. The van der Waals surface area contributed by atoms with Crippen molar-refractivity contribution < 1.29 is 19.2 Å². The molecule has 0 unspecified atom stereocenters. The molecule has 2 aromatic heterocycles. The van der Waals surface area contributed by atoms with Gasteiger partial charge in [-0.15, -0.1) is 0 Å². The van der Waals surface area contributed by atoms with Gasteiger partial charge >= 0.3 is 7.82 Å². The summed E-state index contributed by atoms with van der Waals surface area (Å²) in [5.41, 5.74) is 1.95. The maximum atomic E-state index is 8.88. The minimum absolute atomic E-state index is 0.977. The molecule has 0 atom stereocenters. The van der Waals surface area contributed by atoms with Crippen molar-refractivity contribution >= 4 is 29.6 Å². The number of hydrogen-bond acceptors (Lipinski definition) is 3. The maximum Gasteiger partial charge on any atom is 0.466 e. The van der Waals surface area contributed by atoms with Crippen LogP contribution in [0, 0.1) is 0 Å². The summed E-state index contributed by atoms with van der Waals surface area (Å²) in [7, 11) is -4.64. The number of hydrogen-bond donors (Lipinski definition) is 3. The molecule has 98 valence electrons. The summed E-state index contributed by atoms with van der Waals surface area (Å²) in [6.45, 7) is 0. The first-order valence-electron chi connectivity index (χ1n) is 5.32. The largest absolute Gasteiger partial charge is 0.466 e. The molecule has 0 aliphatic heterocycles. The number of rotatable bonds is 0. The van der Waals surface area contributed by atoms with E-state index in [4.69, 9.17) is 19.2 Å². The van der Waals surface area contributed by atoms with Crippen LogP contribution in [0.1, 0.15) is 0 Å². The normalized spacial score (nSPS) is 11.1. The highest BCUT2D eigenvalue weighted by Gasteiger charge is 2.00. The molecule has 0 spiro atoms. The van der Waals surface area contributed by atoms with Crippen molar-refractivity contribution in [2.45, 2.75) is 0 Å². The molecule has 1 aromatic carbocycles. The Morgan fingerprint density at radius 3 is 1.53 bits per heavy atom. The smallest absolute Gasteiger partial charge is 0.303 e. The van der Waals surface area contributed by atoms with Crippen LogP contribution in [0.3, 0.4) is 0 Å². The highest BCUT2D eigenvalue weighted by molar-refractivity contribution is 7.45. The van der Waals surface area contributed by atoms with Crippen molar-refractivity contribution in [1.29, 1.82) is 0 Å². The molecule has 19 heavy (non-hydrogen) atoms. The van der Waals surface area contributed by atoms with E-state index in [1.165, 1.54) is 0 Å². The molecule has 0 aliphatic carbocycles. The van der Waals surface area contributed by atoms with Gasteiger partial charge in [0.15, 0.2) is 0 Å². The Morgan fingerprint density at radius 1 is 0.789 bits per heavy atom. The fourth-order valence-corrected chi connectivity index (χ4v) is 1.68.